The molecule has 0 spiro atoms. The average molecular weight is 581 g/mol. The van der Waals surface area contributed by atoms with E-state index in [1.807, 2.05) is 0 Å². The topological polar surface area (TPSA) is 84.0 Å². The fraction of sp³-hybridized carbons (Fsp3) is 0.0909. The van der Waals surface area contributed by atoms with Crippen molar-refractivity contribution in [1.29, 1.82) is 0 Å². The molecule has 0 amide bonds. The van der Waals surface area contributed by atoms with Crippen molar-refractivity contribution >= 4 is 61.6 Å². The van der Waals surface area contributed by atoms with Crippen LogP contribution in [-0.2, 0) is 22.4 Å². The Balaban J connectivity index is 1.88. The number of alkyl halides is 6. The predicted molar refractivity (Wildman–Crippen MR) is 127 cm³/mol. The molecule has 0 radical (unpaired) electrons. The normalized spacial score (nSPS) is 12.5. The number of nitrogens with zero attached hydrogens (tertiary/aromatic N) is 2. The SMILES string of the molecule is O=S(=O)(Nc1nc2ccccc2nc1Nc1cc(C(F)(F)F)ccc1C(F)(F)F)c1cc(Cl)ccc1Cl. The van der Waals surface area contributed by atoms with E-state index in [4.69, 9.17) is 23.2 Å². The zero-order valence-corrected chi connectivity index (χ0v) is 20.2. The minimum absolute atomic E-state index is 0.0199. The maximum atomic E-state index is 13.6. The van der Waals surface area contributed by atoms with Gasteiger partial charge in [-0.1, -0.05) is 35.3 Å². The van der Waals surface area contributed by atoms with Gasteiger partial charge < -0.3 is 5.32 Å². The molecule has 2 N–H and O–H groups in total. The molecular formula is C22H12Cl2F6N4O2S. The fourth-order valence-corrected chi connectivity index (χ4v) is 5.00. The van der Waals surface area contributed by atoms with E-state index in [-0.39, 0.29) is 39.3 Å². The lowest BCUT2D eigenvalue weighted by atomic mass is 10.1. The van der Waals surface area contributed by atoms with Crippen LogP contribution in [0.1, 0.15) is 11.1 Å². The molecule has 0 aliphatic heterocycles. The summed E-state index contributed by atoms with van der Waals surface area (Å²) in [5.41, 5.74) is -3.57. The summed E-state index contributed by atoms with van der Waals surface area (Å²) in [7, 11) is -4.53. The summed E-state index contributed by atoms with van der Waals surface area (Å²) in [6.45, 7) is 0. The third-order valence-electron chi connectivity index (χ3n) is 4.89. The standard InChI is InChI=1S/C22H12Cl2F6N4O2S/c23-12-6-8-14(24)18(10-12)37(35,36)34-20-19(31-15-3-1-2-4-16(15)32-20)33-17-9-11(21(25,26)27)5-7-13(17)22(28,29)30/h1-10H,(H,31,33)(H,32,34). The van der Waals surface area contributed by atoms with Gasteiger partial charge in [-0.15, -0.1) is 0 Å². The van der Waals surface area contributed by atoms with Gasteiger partial charge in [-0.3, -0.25) is 4.72 Å². The summed E-state index contributed by atoms with van der Waals surface area (Å²) in [6.07, 6.45) is -10.0. The first-order valence-corrected chi connectivity index (χ1v) is 12.2. The van der Waals surface area contributed by atoms with Crippen molar-refractivity contribution in [2.75, 3.05) is 10.0 Å². The molecule has 1 heterocycles. The summed E-state index contributed by atoms with van der Waals surface area (Å²) in [4.78, 5) is 7.72. The summed E-state index contributed by atoms with van der Waals surface area (Å²) < 4.78 is 109. The largest absolute Gasteiger partial charge is 0.418 e. The molecule has 0 atom stereocenters. The number of hydrogen-bond acceptors (Lipinski definition) is 5. The molecule has 0 unspecified atom stereocenters. The molecule has 4 aromatic rings. The quantitative estimate of drug-likeness (QED) is 0.238. The highest BCUT2D eigenvalue weighted by Crippen LogP contribution is 2.41. The highest BCUT2D eigenvalue weighted by atomic mass is 35.5. The molecule has 6 nitrogen and oxygen atoms in total. The molecule has 0 aliphatic rings. The number of fused-ring (bicyclic) bond motifs is 1. The van der Waals surface area contributed by atoms with E-state index in [2.05, 4.69) is 20.0 Å². The first kappa shape index (κ1) is 26.8. The maximum absolute atomic E-state index is 13.6. The number of halogens is 8. The third kappa shape index (κ3) is 5.84. The second-order valence-electron chi connectivity index (χ2n) is 7.47. The van der Waals surface area contributed by atoms with Crippen molar-refractivity contribution in [3.8, 4) is 0 Å². The lowest BCUT2D eigenvalue weighted by molar-refractivity contribution is -0.140. The molecule has 0 fully saturated rings. The highest BCUT2D eigenvalue weighted by Gasteiger charge is 2.37. The van der Waals surface area contributed by atoms with Gasteiger partial charge in [0.1, 0.15) is 4.90 Å². The minimum atomic E-state index is -5.05. The average Bonchev–Trinajstić information content (AvgIpc) is 2.79. The summed E-state index contributed by atoms with van der Waals surface area (Å²) in [5, 5.41) is 1.97. The van der Waals surface area contributed by atoms with Gasteiger partial charge in [0.25, 0.3) is 10.0 Å². The monoisotopic (exact) mass is 580 g/mol. The molecule has 4 rings (SSSR count). The molecule has 1 aromatic heterocycles. The van der Waals surface area contributed by atoms with E-state index in [9.17, 15) is 34.8 Å². The van der Waals surface area contributed by atoms with Crippen molar-refractivity contribution in [1.82, 2.24) is 9.97 Å². The Morgan fingerprint density at radius 3 is 1.97 bits per heavy atom. The van der Waals surface area contributed by atoms with E-state index < -0.39 is 55.7 Å². The first-order valence-electron chi connectivity index (χ1n) is 9.95. The van der Waals surface area contributed by atoms with Crippen LogP contribution < -0.4 is 10.0 Å². The Hall–Kier alpha value is -3.29. The number of anilines is 3. The van der Waals surface area contributed by atoms with Crippen LogP contribution in [0.15, 0.2) is 65.6 Å². The maximum Gasteiger partial charge on any atom is 0.418 e. The van der Waals surface area contributed by atoms with Crippen LogP contribution in [0.2, 0.25) is 10.0 Å². The van der Waals surface area contributed by atoms with Crippen molar-refractivity contribution in [2.45, 2.75) is 17.2 Å². The second kappa shape index (κ2) is 9.54. The third-order valence-corrected chi connectivity index (χ3v) is 6.95. The molecule has 3 aromatic carbocycles. The molecule has 0 saturated heterocycles. The number of rotatable bonds is 5. The number of para-hydroxylation sites is 2. The van der Waals surface area contributed by atoms with Crippen LogP contribution in [0.25, 0.3) is 11.0 Å². The lowest BCUT2D eigenvalue weighted by Crippen LogP contribution is -2.17. The van der Waals surface area contributed by atoms with Crippen LogP contribution in [0.4, 0.5) is 43.7 Å². The van der Waals surface area contributed by atoms with Gasteiger partial charge in [0.15, 0.2) is 11.6 Å². The van der Waals surface area contributed by atoms with Crippen molar-refractivity contribution < 1.29 is 34.8 Å². The zero-order chi connectivity index (χ0) is 27.2. The van der Waals surface area contributed by atoms with E-state index >= 15 is 0 Å². The molecule has 0 aliphatic carbocycles. The fourth-order valence-electron chi connectivity index (χ4n) is 3.22. The molecule has 15 heteroatoms. The minimum Gasteiger partial charge on any atom is -0.337 e. The Morgan fingerprint density at radius 2 is 1.38 bits per heavy atom. The van der Waals surface area contributed by atoms with Crippen LogP contribution in [-0.4, -0.2) is 18.4 Å². The summed E-state index contributed by atoms with van der Waals surface area (Å²) >= 11 is 11.8. The number of hydrogen-bond donors (Lipinski definition) is 2. The molecule has 0 saturated carbocycles. The van der Waals surface area contributed by atoms with Gasteiger partial charge in [-0.05, 0) is 48.5 Å². The Labute approximate surface area is 215 Å². The number of nitrogens with one attached hydrogen (secondary N) is 2. The number of sulfonamides is 1. The smallest absolute Gasteiger partial charge is 0.337 e. The second-order valence-corrected chi connectivity index (χ2v) is 9.97. The summed E-state index contributed by atoms with van der Waals surface area (Å²) in [6, 6.07) is 10.3. The Kier molecular flexibility index (Phi) is 6.90. The Morgan fingerprint density at radius 1 is 0.757 bits per heavy atom. The van der Waals surface area contributed by atoms with Crippen LogP contribution in [0.3, 0.4) is 0 Å². The van der Waals surface area contributed by atoms with Gasteiger partial charge in [-0.25, -0.2) is 18.4 Å². The van der Waals surface area contributed by atoms with Crippen LogP contribution in [0, 0.1) is 0 Å². The van der Waals surface area contributed by atoms with Crippen molar-refractivity contribution in [3.63, 3.8) is 0 Å². The lowest BCUT2D eigenvalue weighted by Gasteiger charge is -2.19. The van der Waals surface area contributed by atoms with Crippen molar-refractivity contribution in [2.24, 2.45) is 0 Å². The van der Waals surface area contributed by atoms with Gasteiger partial charge in [0, 0.05) is 5.02 Å². The van der Waals surface area contributed by atoms with Gasteiger partial charge >= 0.3 is 12.4 Å². The van der Waals surface area contributed by atoms with Gasteiger partial charge in [-0.2, -0.15) is 26.3 Å². The van der Waals surface area contributed by atoms with Gasteiger partial charge in [0.05, 0.1) is 32.9 Å². The molecular weight excluding hydrogens is 569 g/mol. The molecule has 37 heavy (non-hydrogen) atoms. The molecule has 194 valence electrons. The van der Waals surface area contributed by atoms with Gasteiger partial charge in [0.2, 0.25) is 0 Å². The van der Waals surface area contributed by atoms with Crippen LogP contribution >= 0.6 is 23.2 Å². The van der Waals surface area contributed by atoms with E-state index in [1.165, 1.54) is 30.3 Å². The highest BCUT2D eigenvalue weighted by molar-refractivity contribution is 7.92. The van der Waals surface area contributed by atoms with E-state index in [0.717, 1.165) is 6.07 Å². The summed E-state index contributed by atoms with van der Waals surface area (Å²) in [5.74, 6) is -1.19. The number of benzene rings is 3. The Bertz CT molecular complexity index is 1610. The predicted octanol–water partition coefficient (Wildman–Crippen LogP) is 7.52. The van der Waals surface area contributed by atoms with E-state index in [0.29, 0.717) is 0 Å². The van der Waals surface area contributed by atoms with Crippen LogP contribution in [0.5, 0.6) is 0 Å². The zero-order valence-electron chi connectivity index (χ0n) is 17.9. The van der Waals surface area contributed by atoms with Crippen molar-refractivity contribution in [3.05, 3.63) is 81.8 Å². The van der Waals surface area contributed by atoms with E-state index in [1.54, 1.807) is 6.07 Å². The first-order chi connectivity index (χ1) is 17.1. The molecule has 0 bridgehead atoms. The number of aromatic nitrogens is 2.